The van der Waals surface area contributed by atoms with E-state index in [0.29, 0.717) is 6.04 Å². The fourth-order valence-electron chi connectivity index (χ4n) is 1.85. The quantitative estimate of drug-likeness (QED) is 0.784. The standard InChI is InChI=1S/C10H17N3S/c1-11-6-9-7-14-10(13-9)5-8-3-2-4-12-8/h7-8,11-12H,2-6H2,1H3. The van der Waals surface area contributed by atoms with Crippen molar-refractivity contribution in [2.24, 2.45) is 0 Å². The summed E-state index contributed by atoms with van der Waals surface area (Å²) in [4.78, 5) is 4.58. The molecule has 0 saturated carbocycles. The van der Waals surface area contributed by atoms with Crippen LogP contribution < -0.4 is 10.6 Å². The molecule has 0 spiro atoms. The van der Waals surface area contributed by atoms with Gasteiger partial charge in [-0.15, -0.1) is 11.3 Å². The molecule has 0 bridgehead atoms. The number of nitrogens with zero attached hydrogens (tertiary/aromatic N) is 1. The van der Waals surface area contributed by atoms with Crippen molar-refractivity contribution < 1.29 is 0 Å². The Hall–Kier alpha value is -0.450. The highest BCUT2D eigenvalue weighted by atomic mass is 32.1. The van der Waals surface area contributed by atoms with Gasteiger partial charge in [0.15, 0.2) is 0 Å². The van der Waals surface area contributed by atoms with Crippen molar-refractivity contribution in [2.45, 2.75) is 31.8 Å². The summed E-state index contributed by atoms with van der Waals surface area (Å²) in [5, 5.41) is 10.0. The van der Waals surface area contributed by atoms with Crippen molar-refractivity contribution in [2.75, 3.05) is 13.6 Å². The Kier molecular flexibility index (Phi) is 3.50. The second-order valence-electron chi connectivity index (χ2n) is 3.76. The predicted octanol–water partition coefficient (Wildman–Crippen LogP) is 1.16. The predicted molar refractivity (Wildman–Crippen MR) is 59.6 cm³/mol. The van der Waals surface area contributed by atoms with Gasteiger partial charge in [0.25, 0.3) is 0 Å². The van der Waals surface area contributed by atoms with Gasteiger partial charge in [0.05, 0.1) is 10.7 Å². The van der Waals surface area contributed by atoms with Crippen LogP contribution in [-0.4, -0.2) is 24.6 Å². The van der Waals surface area contributed by atoms with Crippen LogP contribution in [0.1, 0.15) is 23.5 Å². The zero-order chi connectivity index (χ0) is 9.80. The molecule has 1 aromatic heterocycles. The van der Waals surface area contributed by atoms with Crippen molar-refractivity contribution >= 4 is 11.3 Å². The SMILES string of the molecule is CNCc1csc(CC2CCCN2)n1. The molecule has 0 aromatic carbocycles. The van der Waals surface area contributed by atoms with Gasteiger partial charge in [0.1, 0.15) is 0 Å². The number of nitrogens with one attached hydrogen (secondary N) is 2. The molecule has 2 heterocycles. The summed E-state index contributed by atoms with van der Waals surface area (Å²) < 4.78 is 0. The Morgan fingerprint density at radius 3 is 3.36 bits per heavy atom. The minimum absolute atomic E-state index is 0.670. The molecule has 1 unspecified atom stereocenters. The number of rotatable bonds is 4. The summed E-state index contributed by atoms with van der Waals surface area (Å²) in [5.41, 5.74) is 1.17. The number of hydrogen-bond donors (Lipinski definition) is 2. The van der Waals surface area contributed by atoms with Crippen LogP contribution in [0, 0.1) is 0 Å². The minimum atomic E-state index is 0.670. The lowest BCUT2D eigenvalue weighted by Crippen LogP contribution is -2.23. The smallest absolute Gasteiger partial charge is 0.0944 e. The molecule has 14 heavy (non-hydrogen) atoms. The topological polar surface area (TPSA) is 37.0 Å². The Bertz CT molecular complexity index is 279. The van der Waals surface area contributed by atoms with E-state index >= 15 is 0 Å². The van der Waals surface area contributed by atoms with Gasteiger partial charge in [-0.1, -0.05) is 0 Å². The first-order chi connectivity index (χ1) is 6.88. The van der Waals surface area contributed by atoms with E-state index in [1.807, 2.05) is 7.05 Å². The summed E-state index contributed by atoms with van der Waals surface area (Å²) >= 11 is 1.79. The molecule has 0 radical (unpaired) electrons. The summed E-state index contributed by atoms with van der Waals surface area (Å²) in [7, 11) is 1.96. The Morgan fingerprint density at radius 2 is 2.64 bits per heavy atom. The van der Waals surface area contributed by atoms with E-state index in [-0.39, 0.29) is 0 Å². The van der Waals surface area contributed by atoms with Crippen molar-refractivity contribution in [1.29, 1.82) is 0 Å². The fraction of sp³-hybridized carbons (Fsp3) is 0.700. The molecule has 2 N–H and O–H groups in total. The monoisotopic (exact) mass is 211 g/mol. The van der Waals surface area contributed by atoms with Crippen LogP contribution in [0.25, 0.3) is 0 Å². The maximum atomic E-state index is 4.58. The van der Waals surface area contributed by atoms with Gasteiger partial charge in [-0.2, -0.15) is 0 Å². The van der Waals surface area contributed by atoms with Gasteiger partial charge >= 0.3 is 0 Å². The third-order valence-corrected chi connectivity index (χ3v) is 3.46. The number of thiazole rings is 1. The number of aromatic nitrogens is 1. The molecule has 0 amide bonds. The Labute approximate surface area is 88.9 Å². The molecule has 1 aliphatic heterocycles. The summed E-state index contributed by atoms with van der Waals surface area (Å²) in [6.07, 6.45) is 3.73. The first-order valence-corrected chi connectivity index (χ1v) is 6.07. The molecular formula is C10H17N3S. The lowest BCUT2D eigenvalue weighted by Gasteiger charge is -2.06. The lowest BCUT2D eigenvalue weighted by atomic mass is 10.2. The zero-order valence-corrected chi connectivity index (χ0v) is 9.36. The zero-order valence-electron chi connectivity index (χ0n) is 8.55. The first kappa shape index (κ1) is 10.1. The van der Waals surface area contributed by atoms with E-state index in [9.17, 15) is 0 Å². The van der Waals surface area contributed by atoms with Gasteiger partial charge in [0.2, 0.25) is 0 Å². The second kappa shape index (κ2) is 4.87. The highest BCUT2D eigenvalue weighted by Gasteiger charge is 2.15. The third-order valence-electron chi connectivity index (χ3n) is 2.54. The van der Waals surface area contributed by atoms with Crippen LogP contribution in [0.4, 0.5) is 0 Å². The normalized spacial score (nSPS) is 21.6. The average Bonchev–Trinajstić information content (AvgIpc) is 2.79. The van der Waals surface area contributed by atoms with E-state index in [4.69, 9.17) is 0 Å². The third kappa shape index (κ3) is 2.53. The summed E-state index contributed by atoms with van der Waals surface area (Å²) in [5.74, 6) is 0. The second-order valence-corrected chi connectivity index (χ2v) is 4.70. The van der Waals surface area contributed by atoms with Gasteiger partial charge < -0.3 is 10.6 Å². The molecule has 0 aliphatic carbocycles. The van der Waals surface area contributed by atoms with Crippen LogP contribution in [-0.2, 0) is 13.0 Å². The average molecular weight is 211 g/mol. The Morgan fingerprint density at radius 1 is 1.71 bits per heavy atom. The van der Waals surface area contributed by atoms with Gasteiger partial charge in [0, 0.05) is 24.4 Å². The van der Waals surface area contributed by atoms with Crippen LogP contribution >= 0.6 is 11.3 Å². The number of hydrogen-bond acceptors (Lipinski definition) is 4. The van der Waals surface area contributed by atoms with Crippen LogP contribution in [0.3, 0.4) is 0 Å². The first-order valence-electron chi connectivity index (χ1n) is 5.20. The van der Waals surface area contributed by atoms with Crippen LogP contribution in [0.5, 0.6) is 0 Å². The van der Waals surface area contributed by atoms with Gasteiger partial charge in [-0.05, 0) is 26.4 Å². The van der Waals surface area contributed by atoms with E-state index < -0.39 is 0 Å². The maximum absolute atomic E-state index is 4.58. The molecule has 3 nitrogen and oxygen atoms in total. The highest BCUT2D eigenvalue weighted by Crippen LogP contribution is 2.15. The highest BCUT2D eigenvalue weighted by molar-refractivity contribution is 7.09. The van der Waals surface area contributed by atoms with Crippen molar-refractivity contribution in [1.82, 2.24) is 15.6 Å². The minimum Gasteiger partial charge on any atom is -0.314 e. The van der Waals surface area contributed by atoms with E-state index in [1.54, 1.807) is 11.3 Å². The largest absolute Gasteiger partial charge is 0.314 e. The van der Waals surface area contributed by atoms with Gasteiger partial charge in [-0.3, -0.25) is 0 Å². The molecule has 1 aliphatic rings. The molecule has 78 valence electrons. The molecule has 1 saturated heterocycles. The molecule has 1 fully saturated rings. The van der Waals surface area contributed by atoms with Crippen LogP contribution in [0.2, 0.25) is 0 Å². The van der Waals surface area contributed by atoms with Crippen molar-refractivity contribution in [3.63, 3.8) is 0 Å². The Balaban J connectivity index is 1.88. The van der Waals surface area contributed by atoms with Crippen LogP contribution in [0.15, 0.2) is 5.38 Å². The van der Waals surface area contributed by atoms with E-state index in [0.717, 1.165) is 13.0 Å². The fourth-order valence-corrected chi connectivity index (χ4v) is 2.72. The maximum Gasteiger partial charge on any atom is 0.0944 e. The van der Waals surface area contributed by atoms with E-state index in [1.165, 1.54) is 30.1 Å². The van der Waals surface area contributed by atoms with Crippen molar-refractivity contribution in [3.05, 3.63) is 16.1 Å². The summed E-state index contributed by atoms with van der Waals surface area (Å²) in [6, 6.07) is 0.670. The van der Waals surface area contributed by atoms with E-state index in [2.05, 4.69) is 21.0 Å². The molecule has 1 aromatic rings. The van der Waals surface area contributed by atoms with Gasteiger partial charge in [-0.25, -0.2) is 4.98 Å². The lowest BCUT2D eigenvalue weighted by molar-refractivity contribution is 0.600. The molecular weight excluding hydrogens is 194 g/mol. The molecule has 1 atom stereocenters. The molecule has 4 heteroatoms. The van der Waals surface area contributed by atoms with Crippen molar-refractivity contribution in [3.8, 4) is 0 Å². The molecule has 2 rings (SSSR count). The summed E-state index contributed by atoms with van der Waals surface area (Å²) in [6.45, 7) is 2.06.